The highest BCUT2D eigenvalue weighted by molar-refractivity contribution is 6.30. The number of hydrogen-bond donors (Lipinski definition) is 1. The molecule has 0 aliphatic heterocycles. The van der Waals surface area contributed by atoms with Gasteiger partial charge in [-0.25, -0.2) is 14.5 Å². The Kier molecular flexibility index (Phi) is 6.06. The number of esters is 1. The van der Waals surface area contributed by atoms with Crippen molar-refractivity contribution < 1.29 is 14.3 Å². The molecule has 3 rings (SSSR count). The van der Waals surface area contributed by atoms with Gasteiger partial charge >= 0.3 is 5.97 Å². The molecular formula is C20H19ClN4O3. The fourth-order valence-corrected chi connectivity index (χ4v) is 2.89. The van der Waals surface area contributed by atoms with Crippen LogP contribution in [0.4, 0.5) is 5.69 Å². The van der Waals surface area contributed by atoms with Crippen LogP contribution in [0.2, 0.25) is 5.02 Å². The molecule has 0 unspecified atom stereocenters. The second kappa shape index (κ2) is 8.67. The number of nitrogens with zero attached hydrogens (tertiary/aromatic N) is 3. The smallest absolute Gasteiger partial charge is 0.342 e. The summed E-state index contributed by atoms with van der Waals surface area (Å²) in [5, 5.41) is 7.40. The molecule has 0 aliphatic rings. The molecule has 0 fully saturated rings. The zero-order valence-corrected chi connectivity index (χ0v) is 16.2. The number of benzene rings is 1. The molecule has 0 atom stereocenters. The average molecular weight is 399 g/mol. The van der Waals surface area contributed by atoms with Crippen molar-refractivity contribution in [2.45, 2.75) is 19.8 Å². The van der Waals surface area contributed by atoms with Crippen LogP contribution in [0.5, 0.6) is 0 Å². The van der Waals surface area contributed by atoms with E-state index in [9.17, 15) is 9.59 Å². The van der Waals surface area contributed by atoms with Crippen LogP contribution < -0.4 is 5.32 Å². The monoisotopic (exact) mass is 398 g/mol. The van der Waals surface area contributed by atoms with Crippen molar-refractivity contribution in [3.63, 3.8) is 0 Å². The van der Waals surface area contributed by atoms with Crippen molar-refractivity contribution >= 4 is 29.2 Å². The van der Waals surface area contributed by atoms with Gasteiger partial charge in [0.15, 0.2) is 12.4 Å². The van der Waals surface area contributed by atoms with E-state index in [1.165, 1.54) is 6.20 Å². The van der Waals surface area contributed by atoms with Gasteiger partial charge in [0.05, 0.1) is 11.9 Å². The zero-order valence-electron chi connectivity index (χ0n) is 15.4. The summed E-state index contributed by atoms with van der Waals surface area (Å²) in [6.07, 6.45) is 3.08. The third kappa shape index (κ3) is 4.55. The molecule has 0 bridgehead atoms. The molecule has 8 heteroatoms. The van der Waals surface area contributed by atoms with E-state index in [-0.39, 0.29) is 5.92 Å². The number of hydrogen-bond acceptors (Lipinski definition) is 5. The van der Waals surface area contributed by atoms with E-state index in [0.29, 0.717) is 27.8 Å². The minimum absolute atomic E-state index is 0.00709. The van der Waals surface area contributed by atoms with Crippen LogP contribution in [0.15, 0.2) is 54.9 Å². The number of aromatic nitrogens is 3. The number of anilines is 1. The van der Waals surface area contributed by atoms with Gasteiger partial charge in [0.1, 0.15) is 5.56 Å². The lowest BCUT2D eigenvalue weighted by atomic mass is 10.1. The topological polar surface area (TPSA) is 86.1 Å². The first-order valence-corrected chi connectivity index (χ1v) is 9.05. The maximum Gasteiger partial charge on any atom is 0.342 e. The van der Waals surface area contributed by atoms with Crippen LogP contribution in [-0.2, 0) is 9.53 Å². The van der Waals surface area contributed by atoms with E-state index in [4.69, 9.17) is 16.3 Å². The van der Waals surface area contributed by atoms with Gasteiger partial charge in [-0.05, 0) is 36.2 Å². The number of pyridine rings is 1. The van der Waals surface area contributed by atoms with Crippen LogP contribution in [0.25, 0.3) is 5.82 Å². The summed E-state index contributed by atoms with van der Waals surface area (Å²) >= 11 is 5.88. The maximum atomic E-state index is 12.5. The molecule has 0 aliphatic carbocycles. The van der Waals surface area contributed by atoms with Crippen LogP contribution in [-0.4, -0.2) is 33.2 Å². The normalized spacial score (nSPS) is 10.7. The Balaban J connectivity index is 1.70. The first-order chi connectivity index (χ1) is 13.5. The highest BCUT2D eigenvalue weighted by atomic mass is 35.5. The van der Waals surface area contributed by atoms with Gasteiger partial charge < -0.3 is 10.1 Å². The van der Waals surface area contributed by atoms with Gasteiger partial charge in [-0.3, -0.25) is 4.79 Å². The number of carbonyl (C=O) groups is 2. The van der Waals surface area contributed by atoms with E-state index in [1.54, 1.807) is 47.3 Å². The standard InChI is InChI=1S/C20H19ClN4O3/c1-13(2)19-16(11-23-25(19)17-8-3-4-9-22-17)20(27)28-12-18(26)24-15-7-5-6-14(21)10-15/h3-11,13H,12H2,1-2H3,(H,24,26). The minimum atomic E-state index is -0.618. The fourth-order valence-electron chi connectivity index (χ4n) is 2.70. The highest BCUT2D eigenvalue weighted by Gasteiger charge is 2.23. The third-order valence-corrected chi connectivity index (χ3v) is 4.12. The molecule has 1 N–H and O–H groups in total. The molecule has 1 amide bonds. The van der Waals surface area contributed by atoms with E-state index in [2.05, 4.69) is 15.4 Å². The van der Waals surface area contributed by atoms with Crippen LogP contribution in [0.3, 0.4) is 0 Å². The molecule has 2 aromatic heterocycles. The second-order valence-electron chi connectivity index (χ2n) is 6.33. The van der Waals surface area contributed by atoms with Crippen molar-refractivity contribution in [1.82, 2.24) is 14.8 Å². The van der Waals surface area contributed by atoms with E-state index in [1.807, 2.05) is 19.9 Å². The van der Waals surface area contributed by atoms with Crippen LogP contribution in [0.1, 0.15) is 35.8 Å². The van der Waals surface area contributed by atoms with E-state index < -0.39 is 18.5 Å². The lowest BCUT2D eigenvalue weighted by molar-refractivity contribution is -0.119. The number of nitrogens with one attached hydrogen (secondary N) is 1. The lowest BCUT2D eigenvalue weighted by Crippen LogP contribution is -2.21. The van der Waals surface area contributed by atoms with Gasteiger partial charge in [0.25, 0.3) is 5.91 Å². The summed E-state index contributed by atoms with van der Waals surface area (Å²) < 4.78 is 6.78. The Labute approximate surface area is 167 Å². The largest absolute Gasteiger partial charge is 0.452 e. The van der Waals surface area contributed by atoms with Gasteiger partial charge in [-0.2, -0.15) is 5.10 Å². The molecule has 0 spiro atoms. The highest BCUT2D eigenvalue weighted by Crippen LogP contribution is 2.23. The lowest BCUT2D eigenvalue weighted by Gasteiger charge is -2.12. The predicted octanol–water partition coefficient (Wildman–Crippen LogP) is 3.84. The summed E-state index contributed by atoms with van der Waals surface area (Å²) in [5.41, 5.74) is 1.49. The minimum Gasteiger partial charge on any atom is -0.452 e. The summed E-state index contributed by atoms with van der Waals surface area (Å²) in [6.45, 7) is 3.47. The second-order valence-corrected chi connectivity index (χ2v) is 6.77. The maximum absolute atomic E-state index is 12.5. The molecule has 144 valence electrons. The molecule has 0 saturated carbocycles. The summed E-state index contributed by atoms with van der Waals surface area (Å²) in [7, 11) is 0. The van der Waals surface area contributed by atoms with Gasteiger partial charge in [-0.15, -0.1) is 0 Å². The molecular weight excluding hydrogens is 380 g/mol. The zero-order chi connectivity index (χ0) is 20.1. The number of rotatable bonds is 6. The summed E-state index contributed by atoms with van der Waals surface area (Å²) in [6, 6.07) is 12.2. The number of halogens is 1. The van der Waals surface area contributed by atoms with Crippen LogP contribution >= 0.6 is 11.6 Å². The molecule has 0 radical (unpaired) electrons. The molecule has 2 heterocycles. The average Bonchev–Trinajstić information content (AvgIpc) is 3.12. The molecule has 3 aromatic rings. The summed E-state index contributed by atoms with van der Waals surface area (Å²) in [4.78, 5) is 28.8. The molecule has 1 aromatic carbocycles. The first-order valence-electron chi connectivity index (χ1n) is 8.67. The summed E-state index contributed by atoms with van der Waals surface area (Å²) in [5.74, 6) is -0.484. The van der Waals surface area contributed by atoms with Crippen molar-refractivity contribution in [3.8, 4) is 5.82 Å². The van der Waals surface area contributed by atoms with E-state index >= 15 is 0 Å². The first kappa shape index (κ1) is 19.6. The molecule has 0 saturated heterocycles. The fraction of sp³-hybridized carbons (Fsp3) is 0.200. The Hall–Kier alpha value is -3.19. The Morgan fingerprint density at radius 2 is 2.04 bits per heavy atom. The molecule has 7 nitrogen and oxygen atoms in total. The molecule has 28 heavy (non-hydrogen) atoms. The number of amides is 1. The van der Waals surface area contributed by atoms with Crippen molar-refractivity contribution in [3.05, 3.63) is 71.1 Å². The van der Waals surface area contributed by atoms with Crippen molar-refractivity contribution in [1.29, 1.82) is 0 Å². The van der Waals surface area contributed by atoms with Gasteiger partial charge in [0, 0.05) is 16.9 Å². The van der Waals surface area contributed by atoms with Crippen molar-refractivity contribution in [2.75, 3.05) is 11.9 Å². The van der Waals surface area contributed by atoms with E-state index in [0.717, 1.165) is 0 Å². The number of ether oxygens (including phenoxy) is 1. The quantitative estimate of drug-likeness (QED) is 0.637. The Bertz CT molecular complexity index is 986. The number of carbonyl (C=O) groups excluding carboxylic acids is 2. The Morgan fingerprint density at radius 3 is 2.71 bits per heavy atom. The third-order valence-electron chi connectivity index (χ3n) is 3.88. The van der Waals surface area contributed by atoms with Crippen LogP contribution in [0, 0.1) is 0 Å². The van der Waals surface area contributed by atoms with Gasteiger partial charge in [-0.1, -0.05) is 37.6 Å². The SMILES string of the molecule is CC(C)c1c(C(=O)OCC(=O)Nc2cccc(Cl)c2)cnn1-c1ccccn1. The Morgan fingerprint density at radius 1 is 1.21 bits per heavy atom. The van der Waals surface area contributed by atoms with Gasteiger partial charge in [0.2, 0.25) is 0 Å². The van der Waals surface area contributed by atoms with Crippen molar-refractivity contribution in [2.24, 2.45) is 0 Å². The predicted molar refractivity (Wildman–Crippen MR) is 106 cm³/mol.